The molecule has 40 heavy (non-hydrogen) atoms. The van der Waals surface area contributed by atoms with Crippen LogP contribution >= 0.6 is 0 Å². The number of alkyl carbamates (subject to hydrolysis) is 1. The third kappa shape index (κ3) is 6.31. The van der Waals surface area contributed by atoms with Gasteiger partial charge in [0, 0.05) is 37.4 Å². The van der Waals surface area contributed by atoms with Crippen molar-refractivity contribution in [2.24, 2.45) is 11.7 Å². The molecule has 2 saturated carbocycles. The predicted octanol–water partition coefficient (Wildman–Crippen LogP) is 6.24. The number of carbonyl (C=O) groups is 2. The molecule has 0 bridgehead atoms. The van der Waals surface area contributed by atoms with Gasteiger partial charge in [0.2, 0.25) is 5.91 Å². The van der Waals surface area contributed by atoms with E-state index < -0.39 is 17.6 Å². The van der Waals surface area contributed by atoms with Crippen LogP contribution < -0.4 is 16.4 Å². The molecule has 0 unspecified atom stereocenters. The van der Waals surface area contributed by atoms with Crippen LogP contribution in [0.25, 0.3) is 22.4 Å². The first-order valence-electron chi connectivity index (χ1n) is 13.7. The Labute approximate surface area is 232 Å². The first-order valence-corrected chi connectivity index (χ1v) is 13.7. The van der Waals surface area contributed by atoms with Crippen LogP contribution in [0, 0.1) is 5.92 Å². The molecular formula is C31H34F2N4O3. The molecule has 2 aromatic carbocycles. The van der Waals surface area contributed by atoms with Crippen molar-refractivity contribution in [1.29, 1.82) is 0 Å². The number of hydrogen-bond acceptors (Lipinski definition) is 5. The molecule has 2 amide bonds. The molecule has 5 rings (SSSR count). The van der Waals surface area contributed by atoms with Crippen LogP contribution in [0.5, 0.6) is 0 Å². The summed E-state index contributed by atoms with van der Waals surface area (Å²) in [5, 5.41) is 5.47. The molecule has 1 heterocycles. The standard InChI is InChI=1S/C31H34F2N4O3/c1-35-29(39)40-25-13-7-20(8-14-25)15-27(38)37-24-16-26(21-5-3-2-4-6-21)28(36-17-24)22-9-11-23(12-10-22)30(34)18-31(32,33)19-30/h2-6,9-12,16-17,20,25H,7-8,13-15,18-19,34H2,1H3,(H,35,39)(H,37,38)/t20-,25-. The maximum absolute atomic E-state index is 13.5. The van der Waals surface area contributed by atoms with E-state index in [0.717, 1.165) is 48.1 Å². The number of rotatable bonds is 7. The zero-order valence-electron chi connectivity index (χ0n) is 22.5. The number of nitrogens with zero attached hydrogens (tertiary/aromatic N) is 1. The van der Waals surface area contributed by atoms with Gasteiger partial charge >= 0.3 is 6.09 Å². The fourth-order valence-corrected chi connectivity index (χ4v) is 5.77. The first-order chi connectivity index (χ1) is 19.1. The molecule has 4 N–H and O–H groups in total. The fourth-order valence-electron chi connectivity index (χ4n) is 5.77. The number of anilines is 1. The topological polar surface area (TPSA) is 106 Å². The Morgan fingerprint density at radius 1 is 1.00 bits per heavy atom. The normalized spacial score (nSPS) is 21.1. The van der Waals surface area contributed by atoms with E-state index in [1.54, 1.807) is 18.3 Å². The maximum atomic E-state index is 13.5. The van der Waals surface area contributed by atoms with Gasteiger partial charge in [-0.25, -0.2) is 13.6 Å². The van der Waals surface area contributed by atoms with Gasteiger partial charge in [0.25, 0.3) is 5.92 Å². The molecule has 0 spiro atoms. The van der Waals surface area contributed by atoms with Crippen molar-refractivity contribution in [3.63, 3.8) is 0 Å². The Kier molecular flexibility index (Phi) is 7.85. The molecule has 0 atom stereocenters. The number of alkyl halides is 2. The Morgan fingerprint density at radius 2 is 1.68 bits per heavy atom. The molecule has 3 aromatic rings. The van der Waals surface area contributed by atoms with Gasteiger partial charge in [-0.1, -0.05) is 54.6 Å². The molecule has 7 nitrogen and oxygen atoms in total. The molecule has 9 heteroatoms. The molecule has 210 valence electrons. The van der Waals surface area contributed by atoms with Crippen LogP contribution in [-0.4, -0.2) is 36.1 Å². The Morgan fingerprint density at radius 3 is 2.30 bits per heavy atom. The summed E-state index contributed by atoms with van der Waals surface area (Å²) in [6.07, 6.45) is 3.91. The van der Waals surface area contributed by atoms with Crippen LogP contribution in [0.15, 0.2) is 66.9 Å². The molecular weight excluding hydrogens is 514 g/mol. The lowest BCUT2D eigenvalue weighted by Gasteiger charge is -2.44. The summed E-state index contributed by atoms with van der Waals surface area (Å²) in [7, 11) is 1.54. The van der Waals surface area contributed by atoms with E-state index in [1.807, 2.05) is 48.5 Å². The number of carbonyl (C=O) groups excluding carboxylic acids is 2. The second-order valence-electron chi connectivity index (χ2n) is 11.0. The highest BCUT2D eigenvalue weighted by Gasteiger charge is 2.55. The van der Waals surface area contributed by atoms with E-state index in [9.17, 15) is 18.4 Å². The summed E-state index contributed by atoms with van der Waals surface area (Å²) in [6.45, 7) is 0. The van der Waals surface area contributed by atoms with Crippen molar-refractivity contribution in [2.45, 2.75) is 62.5 Å². The van der Waals surface area contributed by atoms with Crippen molar-refractivity contribution in [3.05, 3.63) is 72.4 Å². The van der Waals surface area contributed by atoms with E-state index in [1.165, 1.54) is 7.05 Å². The molecule has 0 aliphatic heterocycles. The second kappa shape index (κ2) is 11.3. The molecule has 1 aromatic heterocycles. The van der Waals surface area contributed by atoms with E-state index in [2.05, 4.69) is 10.6 Å². The summed E-state index contributed by atoms with van der Waals surface area (Å²) in [5.74, 6) is -2.57. The smallest absolute Gasteiger partial charge is 0.407 e. The van der Waals surface area contributed by atoms with Crippen molar-refractivity contribution < 1.29 is 23.1 Å². The van der Waals surface area contributed by atoms with Gasteiger partial charge in [0.05, 0.1) is 23.1 Å². The number of nitrogens with one attached hydrogen (secondary N) is 2. The van der Waals surface area contributed by atoms with Gasteiger partial charge in [-0.05, 0) is 48.8 Å². The maximum Gasteiger partial charge on any atom is 0.407 e. The Balaban J connectivity index is 1.29. The zero-order valence-corrected chi connectivity index (χ0v) is 22.5. The highest BCUT2D eigenvalue weighted by molar-refractivity contribution is 5.93. The average molecular weight is 549 g/mol. The summed E-state index contributed by atoms with van der Waals surface area (Å²) >= 11 is 0. The first kappa shape index (κ1) is 27.7. The third-order valence-electron chi connectivity index (χ3n) is 7.88. The Bertz CT molecular complexity index is 1350. The largest absolute Gasteiger partial charge is 0.446 e. The SMILES string of the molecule is CNC(=O)O[C@H]1CC[C@H](CC(=O)Nc2cnc(-c3ccc(C4(N)CC(F)(F)C4)cc3)c(-c3ccccc3)c2)CC1. The number of pyridine rings is 1. The number of ether oxygens (including phenoxy) is 1. The molecule has 0 radical (unpaired) electrons. The van der Waals surface area contributed by atoms with E-state index >= 15 is 0 Å². The minimum atomic E-state index is -2.71. The molecule has 2 fully saturated rings. The summed E-state index contributed by atoms with van der Waals surface area (Å²) in [6, 6.07) is 19.0. The Hall–Kier alpha value is -3.85. The monoisotopic (exact) mass is 548 g/mol. The van der Waals surface area contributed by atoms with Crippen LogP contribution in [-0.2, 0) is 15.1 Å². The quantitative estimate of drug-likeness (QED) is 0.324. The molecule has 2 aliphatic rings. The lowest BCUT2D eigenvalue weighted by molar-refractivity contribution is -0.125. The number of nitrogens with two attached hydrogens (primary N) is 1. The minimum Gasteiger partial charge on any atom is -0.446 e. The average Bonchev–Trinajstić information content (AvgIpc) is 2.93. The number of hydrogen-bond donors (Lipinski definition) is 3. The van der Waals surface area contributed by atoms with Gasteiger partial charge in [-0.15, -0.1) is 0 Å². The molecule has 0 saturated heterocycles. The fraction of sp³-hybridized carbons (Fsp3) is 0.387. The van der Waals surface area contributed by atoms with Crippen LogP contribution in [0.1, 0.15) is 50.5 Å². The summed E-state index contributed by atoms with van der Waals surface area (Å²) in [4.78, 5) is 29.0. The van der Waals surface area contributed by atoms with Crippen LogP contribution in [0.2, 0.25) is 0 Å². The van der Waals surface area contributed by atoms with Crippen LogP contribution in [0.3, 0.4) is 0 Å². The third-order valence-corrected chi connectivity index (χ3v) is 7.88. The van der Waals surface area contributed by atoms with E-state index in [-0.39, 0.29) is 30.8 Å². The van der Waals surface area contributed by atoms with Crippen molar-refractivity contribution >= 4 is 17.7 Å². The number of aromatic nitrogens is 1. The van der Waals surface area contributed by atoms with Crippen molar-refractivity contribution in [2.75, 3.05) is 12.4 Å². The van der Waals surface area contributed by atoms with Gasteiger partial charge in [-0.2, -0.15) is 0 Å². The predicted molar refractivity (Wildman–Crippen MR) is 150 cm³/mol. The lowest BCUT2D eigenvalue weighted by atomic mass is 9.70. The highest BCUT2D eigenvalue weighted by atomic mass is 19.3. The number of benzene rings is 2. The molecule has 2 aliphatic carbocycles. The van der Waals surface area contributed by atoms with Crippen molar-refractivity contribution in [1.82, 2.24) is 10.3 Å². The number of halogens is 2. The van der Waals surface area contributed by atoms with Gasteiger partial charge in [0.1, 0.15) is 6.10 Å². The van der Waals surface area contributed by atoms with Gasteiger partial charge < -0.3 is 21.1 Å². The van der Waals surface area contributed by atoms with Gasteiger partial charge in [0.15, 0.2) is 0 Å². The lowest BCUT2D eigenvalue weighted by Crippen LogP contribution is -2.55. The van der Waals surface area contributed by atoms with Gasteiger partial charge in [-0.3, -0.25) is 9.78 Å². The van der Waals surface area contributed by atoms with E-state index in [4.69, 9.17) is 15.5 Å². The second-order valence-corrected chi connectivity index (χ2v) is 11.0. The van der Waals surface area contributed by atoms with E-state index in [0.29, 0.717) is 17.7 Å². The minimum absolute atomic E-state index is 0.0841. The number of amides is 2. The van der Waals surface area contributed by atoms with Crippen molar-refractivity contribution in [3.8, 4) is 22.4 Å². The highest BCUT2D eigenvalue weighted by Crippen LogP contribution is 2.50. The summed E-state index contributed by atoms with van der Waals surface area (Å²) in [5.41, 5.74) is 9.81. The summed E-state index contributed by atoms with van der Waals surface area (Å²) < 4.78 is 32.3. The van der Waals surface area contributed by atoms with Crippen LogP contribution in [0.4, 0.5) is 19.3 Å². The zero-order chi connectivity index (χ0) is 28.3.